The van der Waals surface area contributed by atoms with Gasteiger partial charge in [0.1, 0.15) is 11.8 Å². The maximum atomic E-state index is 13.7. The number of anilines is 2. The zero-order valence-corrected chi connectivity index (χ0v) is 14.8. The van der Waals surface area contributed by atoms with E-state index in [2.05, 4.69) is 25.5 Å². The van der Waals surface area contributed by atoms with Crippen LogP contribution in [0.4, 0.5) is 27.5 Å². The molecule has 2 aromatic rings. The van der Waals surface area contributed by atoms with Crippen molar-refractivity contribution in [2.75, 3.05) is 17.7 Å². The van der Waals surface area contributed by atoms with Gasteiger partial charge in [-0.15, -0.1) is 10.2 Å². The molecule has 0 spiro atoms. The van der Waals surface area contributed by atoms with Gasteiger partial charge in [0.25, 0.3) is 0 Å². The maximum Gasteiger partial charge on any atom is 0.223 e. The number of benzene rings is 1. The van der Waals surface area contributed by atoms with Gasteiger partial charge in [0.2, 0.25) is 5.95 Å². The summed E-state index contributed by atoms with van der Waals surface area (Å²) in [5, 5.41) is 39.9. The third-order valence-corrected chi connectivity index (χ3v) is 4.59. The molecule has 11 heteroatoms. The highest BCUT2D eigenvalue weighted by atomic mass is 35.5. The molecule has 1 heterocycles. The summed E-state index contributed by atoms with van der Waals surface area (Å²) in [6, 6.07) is 5.15. The fourth-order valence-electron chi connectivity index (χ4n) is 2.89. The van der Waals surface area contributed by atoms with Crippen LogP contribution in [0.2, 0.25) is 5.15 Å². The Hall–Kier alpha value is -2.40. The minimum atomic E-state index is -1.14. The summed E-state index contributed by atoms with van der Waals surface area (Å²) >= 11 is 6.08. The number of aromatic nitrogens is 2. The van der Waals surface area contributed by atoms with E-state index in [0.717, 1.165) is 0 Å². The quantitative estimate of drug-likeness (QED) is 0.382. The van der Waals surface area contributed by atoms with Gasteiger partial charge in [-0.05, 0) is 18.6 Å². The molecule has 3 rings (SSSR count). The zero-order valence-electron chi connectivity index (χ0n) is 14.0. The summed E-state index contributed by atoms with van der Waals surface area (Å²) in [4.78, 5) is 7.81. The van der Waals surface area contributed by atoms with Crippen LogP contribution in [0, 0.1) is 11.7 Å². The van der Waals surface area contributed by atoms with E-state index in [1.54, 1.807) is 6.07 Å². The third kappa shape index (κ3) is 4.14. The first-order chi connectivity index (χ1) is 12.9. The van der Waals surface area contributed by atoms with Crippen LogP contribution < -0.4 is 11.1 Å². The molecular weight excluding hydrogens is 379 g/mol. The minimum absolute atomic E-state index is 0.00302. The molecule has 4 atom stereocenters. The van der Waals surface area contributed by atoms with E-state index < -0.39 is 30.0 Å². The molecule has 6 N–H and O–H groups in total. The maximum absolute atomic E-state index is 13.7. The molecule has 1 saturated carbocycles. The van der Waals surface area contributed by atoms with E-state index in [4.69, 9.17) is 17.3 Å². The summed E-state index contributed by atoms with van der Waals surface area (Å²) in [6.07, 6.45) is -1.95. The Kier molecular flexibility index (Phi) is 5.80. The highest BCUT2D eigenvalue weighted by Crippen LogP contribution is 2.36. The summed E-state index contributed by atoms with van der Waals surface area (Å²) in [7, 11) is 0. The van der Waals surface area contributed by atoms with Crippen LogP contribution in [0.15, 0.2) is 34.5 Å². The Balaban J connectivity index is 1.91. The standard InChI is InChI=1S/C16H18ClFN6O3/c17-14-11(24-23-9-4-2-1-3-8(9)18)15(22-16(19)21-14)20-10-5-7(6-25)12(26)13(10)27/h1-4,7,10,12-13,25-27H,5-6H2,(H3,19,20,21,22)/b24-23+/t7-,10-,12-,13+/m1/s1. The fourth-order valence-corrected chi connectivity index (χ4v) is 3.11. The molecule has 144 valence electrons. The molecule has 1 aromatic heterocycles. The van der Waals surface area contributed by atoms with Crippen LogP contribution >= 0.6 is 11.6 Å². The van der Waals surface area contributed by atoms with Gasteiger partial charge in [-0.25, -0.2) is 4.39 Å². The van der Waals surface area contributed by atoms with E-state index in [1.807, 2.05) is 0 Å². The smallest absolute Gasteiger partial charge is 0.223 e. The molecule has 0 radical (unpaired) electrons. The normalized spacial score (nSPS) is 25.2. The van der Waals surface area contributed by atoms with Crippen molar-refractivity contribution >= 4 is 34.7 Å². The van der Waals surface area contributed by atoms with Crippen LogP contribution in [0.5, 0.6) is 0 Å². The molecule has 1 aromatic carbocycles. The van der Waals surface area contributed by atoms with Crippen molar-refractivity contribution in [3.8, 4) is 0 Å². The first kappa shape index (κ1) is 19.4. The van der Waals surface area contributed by atoms with Crippen LogP contribution in [0.1, 0.15) is 6.42 Å². The second-order valence-electron chi connectivity index (χ2n) is 6.13. The van der Waals surface area contributed by atoms with Gasteiger partial charge in [-0.3, -0.25) is 0 Å². The number of rotatable bonds is 5. The Morgan fingerprint density at radius 3 is 2.63 bits per heavy atom. The van der Waals surface area contributed by atoms with Gasteiger partial charge in [0.15, 0.2) is 22.5 Å². The predicted octanol–water partition coefficient (Wildman–Crippen LogP) is 1.78. The van der Waals surface area contributed by atoms with E-state index in [9.17, 15) is 19.7 Å². The van der Waals surface area contributed by atoms with Crippen molar-refractivity contribution in [3.63, 3.8) is 0 Å². The monoisotopic (exact) mass is 396 g/mol. The van der Waals surface area contributed by atoms with Gasteiger partial charge < -0.3 is 26.4 Å². The summed E-state index contributed by atoms with van der Waals surface area (Å²) < 4.78 is 13.7. The molecule has 9 nitrogen and oxygen atoms in total. The fraction of sp³-hybridized carbons (Fsp3) is 0.375. The van der Waals surface area contributed by atoms with Gasteiger partial charge in [0, 0.05) is 12.5 Å². The van der Waals surface area contributed by atoms with Gasteiger partial charge in [-0.2, -0.15) is 9.97 Å². The molecule has 1 fully saturated rings. The number of hydrogen-bond donors (Lipinski definition) is 5. The first-order valence-electron chi connectivity index (χ1n) is 8.13. The molecular formula is C16H18ClFN6O3. The second-order valence-corrected chi connectivity index (χ2v) is 6.49. The number of nitrogens with one attached hydrogen (secondary N) is 1. The molecule has 0 saturated heterocycles. The lowest BCUT2D eigenvalue weighted by molar-refractivity contribution is 0.00446. The lowest BCUT2D eigenvalue weighted by Crippen LogP contribution is -2.35. The molecule has 1 aliphatic rings. The average Bonchev–Trinajstić information content (AvgIpc) is 2.90. The lowest BCUT2D eigenvalue weighted by Gasteiger charge is -2.19. The summed E-state index contributed by atoms with van der Waals surface area (Å²) in [6.45, 7) is -0.275. The van der Waals surface area contributed by atoms with Crippen LogP contribution in [-0.2, 0) is 0 Å². The minimum Gasteiger partial charge on any atom is -0.396 e. The second kappa shape index (κ2) is 8.09. The SMILES string of the molecule is Nc1nc(Cl)c(/N=N/c2ccccc2F)c(N[C@@H]2C[C@H](CO)[C@@H](O)[C@H]2O)n1. The summed E-state index contributed by atoms with van der Waals surface area (Å²) in [5.41, 5.74) is 5.62. The molecule has 1 aliphatic carbocycles. The molecule has 27 heavy (non-hydrogen) atoms. The Bertz CT molecular complexity index is 855. The zero-order chi connectivity index (χ0) is 19.6. The molecule has 0 amide bonds. The highest BCUT2D eigenvalue weighted by molar-refractivity contribution is 6.32. The summed E-state index contributed by atoms with van der Waals surface area (Å²) in [5.74, 6) is -1.12. The predicted molar refractivity (Wildman–Crippen MR) is 96.6 cm³/mol. The van der Waals surface area contributed by atoms with Crippen LogP contribution in [0.3, 0.4) is 0 Å². The Morgan fingerprint density at radius 1 is 1.22 bits per heavy atom. The van der Waals surface area contributed by atoms with E-state index >= 15 is 0 Å². The van der Waals surface area contributed by atoms with Crippen molar-refractivity contribution in [1.82, 2.24) is 9.97 Å². The van der Waals surface area contributed by atoms with Gasteiger partial charge in [-0.1, -0.05) is 23.7 Å². The van der Waals surface area contributed by atoms with Crippen molar-refractivity contribution in [3.05, 3.63) is 35.2 Å². The van der Waals surface area contributed by atoms with Crippen molar-refractivity contribution in [2.24, 2.45) is 16.1 Å². The van der Waals surface area contributed by atoms with E-state index in [0.29, 0.717) is 0 Å². The topological polar surface area (TPSA) is 149 Å². The average molecular weight is 397 g/mol. The van der Waals surface area contributed by atoms with Crippen LogP contribution in [-0.4, -0.2) is 50.1 Å². The van der Waals surface area contributed by atoms with Crippen LogP contribution in [0.25, 0.3) is 0 Å². The molecule has 0 aliphatic heterocycles. The number of nitrogen functional groups attached to an aromatic ring is 1. The van der Waals surface area contributed by atoms with Crippen molar-refractivity contribution < 1.29 is 19.7 Å². The number of azo groups is 1. The number of hydrogen-bond acceptors (Lipinski definition) is 9. The van der Waals surface area contributed by atoms with Gasteiger partial charge >= 0.3 is 0 Å². The first-order valence-corrected chi connectivity index (χ1v) is 8.51. The number of nitrogens with zero attached hydrogens (tertiary/aromatic N) is 4. The Labute approximate surface area is 158 Å². The van der Waals surface area contributed by atoms with E-state index in [1.165, 1.54) is 18.2 Å². The largest absolute Gasteiger partial charge is 0.396 e. The molecule has 0 unspecified atom stereocenters. The number of aliphatic hydroxyl groups excluding tert-OH is 3. The van der Waals surface area contributed by atoms with Crippen molar-refractivity contribution in [1.29, 1.82) is 0 Å². The molecule has 0 bridgehead atoms. The lowest BCUT2D eigenvalue weighted by atomic mass is 10.1. The number of halogens is 2. The Morgan fingerprint density at radius 2 is 1.96 bits per heavy atom. The van der Waals surface area contributed by atoms with Gasteiger partial charge in [0.05, 0.1) is 12.1 Å². The van der Waals surface area contributed by atoms with E-state index in [-0.39, 0.29) is 41.3 Å². The number of nitrogens with two attached hydrogens (primary N) is 1. The third-order valence-electron chi connectivity index (χ3n) is 4.33. The highest BCUT2D eigenvalue weighted by Gasteiger charge is 2.41. The van der Waals surface area contributed by atoms with Crippen molar-refractivity contribution in [2.45, 2.75) is 24.7 Å². The number of aliphatic hydroxyl groups is 3.